The molecule has 13 heavy (non-hydrogen) atoms. The van der Waals surface area contributed by atoms with Gasteiger partial charge in [-0.05, 0) is 0 Å². The Morgan fingerprint density at radius 2 is 0.846 bits per heavy atom. The van der Waals surface area contributed by atoms with Gasteiger partial charge in [0.2, 0.25) is 0 Å². The first-order chi connectivity index (χ1) is 5.46. The van der Waals surface area contributed by atoms with Gasteiger partial charge in [0.15, 0.2) is 0 Å². The van der Waals surface area contributed by atoms with E-state index in [4.69, 9.17) is 30.0 Å². The van der Waals surface area contributed by atoms with Gasteiger partial charge in [0.1, 0.15) is 0 Å². The van der Waals surface area contributed by atoms with Gasteiger partial charge in [0.25, 0.3) is 11.9 Å². The van der Waals surface area contributed by atoms with E-state index >= 15 is 0 Å². The van der Waals surface area contributed by atoms with E-state index in [-0.39, 0.29) is 21.7 Å². The van der Waals surface area contributed by atoms with Crippen LogP contribution in [0.2, 0.25) is 0 Å². The third kappa shape index (κ3) is 5850. The molecule has 7 heteroatoms. The van der Waals surface area contributed by atoms with Crippen molar-refractivity contribution in [3.05, 3.63) is 0 Å². The topological polar surface area (TPSA) is 121 Å². The van der Waals surface area contributed by atoms with Crippen molar-refractivity contribution in [3.63, 3.8) is 0 Å². The SMILES string of the molecule is CC(=O)O.CC(=O)O.C[O-].C[O-].[Ti+2]. The maximum absolute atomic E-state index is 9.00. The summed E-state index contributed by atoms with van der Waals surface area (Å²) < 4.78 is 0. The Hall–Kier alpha value is -0.426. The van der Waals surface area contributed by atoms with Crippen LogP contribution in [0.4, 0.5) is 0 Å². The Balaban J connectivity index is -0.0000000226. The second kappa shape index (κ2) is 41.7. The maximum atomic E-state index is 9.00. The zero-order valence-corrected chi connectivity index (χ0v) is 9.59. The van der Waals surface area contributed by atoms with Crippen molar-refractivity contribution in [1.29, 1.82) is 0 Å². The third-order valence-electron chi connectivity index (χ3n) is 0. The smallest absolute Gasteiger partial charge is 0.857 e. The van der Waals surface area contributed by atoms with Crippen molar-refractivity contribution >= 4 is 11.9 Å². The summed E-state index contributed by atoms with van der Waals surface area (Å²) >= 11 is 0. The molecule has 0 aliphatic heterocycles. The fourth-order valence-electron chi connectivity index (χ4n) is 0. The summed E-state index contributed by atoms with van der Waals surface area (Å²) in [6.07, 6.45) is 0. The third-order valence-corrected chi connectivity index (χ3v) is 0. The van der Waals surface area contributed by atoms with Crippen molar-refractivity contribution < 1.29 is 51.7 Å². The standard InChI is InChI=1S/2C2H4O2.2CH3O.Ti/c2*1-2(3)4;2*1-2;/h2*1H3,(H,3,4);2*1H3;/q;;2*-1;+2. The monoisotopic (exact) mass is 230 g/mol. The van der Waals surface area contributed by atoms with Crippen molar-refractivity contribution in [2.75, 3.05) is 14.2 Å². The molecule has 0 radical (unpaired) electrons. The van der Waals surface area contributed by atoms with Gasteiger partial charge in [0.05, 0.1) is 0 Å². The minimum absolute atomic E-state index is 0. The number of hydrogen-bond acceptors (Lipinski definition) is 4. The number of carboxylic acid groups (broad SMARTS) is 2. The van der Waals surface area contributed by atoms with E-state index in [1.54, 1.807) is 0 Å². The van der Waals surface area contributed by atoms with Crippen LogP contribution >= 0.6 is 0 Å². The van der Waals surface area contributed by atoms with Crippen LogP contribution < -0.4 is 10.2 Å². The van der Waals surface area contributed by atoms with Crippen LogP contribution in [-0.2, 0) is 31.3 Å². The van der Waals surface area contributed by atoms with Crippen molar-refractivity contribution in [1.82, 2.24) is 0 Å². The van der Waals surface area contributed by atoms with Crippen LogP contribution in [0, 0.1) is 0 Å². The molecule has 0 bridgehead atoms. The Bertz CT molecular complexity index is 75.1. The first kappa shape index (κ1) is 29.4. The van der Waals surface area contributed by atoms with Gasteiger partial charge in [-0.15, -0.1) is 0 Å². The molecule has 0 unspecified atom stereocenters. The molecular weight excluding hydrogens is 216 g/mol. The minimum Gasteiger partial charge on any atom is -0.857 e. The largest absolute Gasteiger partial charge is 2.00 e. The van der Waals surface area contributed by atoms with Crippen molar-refractivity contribution in [2.45, 2.75) is 13.8 Å². The van der Waals surface area contributed by atoms with Gasteiger partial charge in [-0.3, -0.25) is 9.59 Å². The second-order valence-corrected chi connectivity index (χ2v) is 1.04. The van der Waals surface area contributed by atoms with Gasteiger partial charge < -0.3 is 20.4 Å². The summed E-state index contributed by atoms with van der Waals surface area (Å²) in [5, 5.41) is 31.3. The molecule has 0 saturated carbocycles. The molecule has 0 amide bonds. The summed E-state index contributed by atoms with van der Waals surface area (Å²) in [6.45, 7) is 2.17. The molecule has 0 atom stereocenters. The molecule has 78 valence electrons. The van der Waals surface area contributed by atoms with E-state index in [0.29, 0.717) is 0 Å². The van der Waals surface area contributed by atoms with Gasteiger partial charge in [-0.2, -0.15) is 14.2 Å². The van der Waals surface area contributed by atoms with Crippen LogP contribution in [0.3, 0.4) is 0 Å². The maximum Gasteiger partial charge on any atom is 2.00 e. The Kier molecular flexibility index (Phi) is 94.1. The van der Waals surface area contributed by atoms with Crippen LogP contribution in [-0.4, -0.2) is 36.4 Å². The minimum atomic E-state index is -0.833. The summed E-state index contributed by atoms with van der Waals surface area (Å²) in [7, 11) is 1.50. The molecule has 0 spiro atoms. The van der Waals surface area contributed by atoms with Gasteiger partial charge in [0, 0.05) is 13.8 Å². The quantitative estimate of drug-likeness (QED) is 0.470. The number of rotatable bonds is 0. The predicted molar refractivity (Wildman–Crippen MR) is 38.5 cm³/mol. The molecular formula is C6H14O6Ti. The van der Waals surface area contributed by atoms with Crippen LogP contribution in [0.25, 0.3) is 0 Å². The molecule has 6 nitrogen and oxygen atoms in total. The Morgan fingerprint density at radius 1 is 0.846 bits per heavy atom. The molecule has 0 aromatic carbocycles. The average molecular weight is 230 g/mol. The molecule has 2 N–H and O–H groups in total. The fraction of sp³-hybridized carbons (Fsp3) is 0.667. The van der Waals surface area contributed by atoms with Crippen molar-refractivity contribution in [2.24, 2.45) is 0 Å². The van der Waals surface area contributed by atoms with Crippen LogP contribution in [0.1, 0.15) is 13.8 Å². The van der Waals surface area contributed by atoms with E-state index < -0.39 is 11.9 Å². The zero-order chi connectivity index (χ0) is 11.2. The van der Waals surface area contributed by atoms with Gasteiger partial charge >= 0.3 is 21.7 Å². The summed E-state index contributed by atoms with van der Waals surface area (Å²) in [5.74, 6) is -1.67. The van der Waals surface area contributed by atoms with E-state index in [1.807, 2.05) is 0 Å². The van der Waals surface area contributed by atoms with Crippen LogP contribution in [0.5, 0.6) is 0 Å². The van der Waals surface area contributed by atoms with E-state index in [2.05, 4.69) is 0 Å². The van der Waals surface area contributed by atoms with Crippen LogP contribution in [0.15, 0.2) is 0 Å². The van der Waals surface area contributed by atoms with E-state index in [1.165, 1.54) is 0 Å². The Labute approximate surface area is 92.1 Å². The molecule has 0 heterocycles. The van der Waals surface area contributed by atoms with Crippen molar-refractivity contribution in [3.8, 4) is 0 Å². The predicted octanol–water partition coefficient (Wildman–Crippen LogP) is -1.87. The number of carbonyl (C=O) groups is 2. The van der Waals surface area contributed by atoms with E-state index in [9.17, 15) is 0 Å². The zero-order valence-electron chi connectivity index (χ0n) is 8.03. The molecule has 0 aromatic heterocycles. The number of carboxylic acids is 2. The molecule has 0 rings (SSSR count). The fourth-order valence-corrected chi connectivity index (χ4v) is 0. The normalized spacial score (nSPS) is 4.77. The van der Waals surface area contributed by atoms with Gasteiger partial charge in [-0.25, -0.2) is 0 Å². The number of hydrogen-bond donors (Lipinski definition) is 2. The molecule has 0 fully saturated rings. The molecule has 0 aliphatic carbocycles. The Morgan fingerprint density at radius 3 is 0.846 bits per heavy atom. The summed E-state index contributed by atoms with van der Waals surface area (Å²) in [6, 6.07) is 0. The molecule has 0 aliphatic rings. The number of aliphatic carboxylic acids is 2. The molecule has 0 aromatic rings. The summed E-state index contributed by atoms with van der Waals surface area (Å²) in [4.78, 5) is 18.0. The van der Waals surface area contributed by atoms with Gasteiger partial charge in [-0.1, -0.05) is 0 Å². The average Bonchev–Trinajstić information content (AvgIpc) is 1.93. The summed E-state index contributed by atoms with van der Waals surface area (Å²) in [5.41, 5.74) is 0. The second-order valence-electron chi connectivity index (χ2n) is 1.04. The first-order valence-electron chi connectivity index (χ1n) is 2.67. The van der Waals surface area contributed by atoms with E-state index in [0.717, 1.165) is 28.1 Å². The molecule has 0 saturated heterocycles. The first-order valence-corrected chi connectivity index (χ1v) is 2.67.